The van der Waals surface area contributed by atoms with Gasteiger partial charge in [0.1, 0.15) is 0 Å². The molecule has 6 atom stereocenters. The van der Waals surface area contributed by atoms with Crippen LogP contribution in [0.1, 0.15) is 58.8 Å². The number of nitrogens with zero attached hydrogens (tertiary/aromatic N) is 1. The molecule has 4 fully saturated rings. The number of hydrogen-bond acceptors (Lipinski definition) is 1. The molecule has 21 heavy (non-hydrogen) atoms. The van der Waals surface area contributed by atoms with Gasteiger partial charge in [-0.2, -0.15) is 0 Å². The van der Waals surface area contributed by atoms with Gasteiger partial charge in [-0.25, -0.2) is 0 Å². The Morgan fingerprint density at radius 3 is 2.67 bits per heavy atom. The van der Waals surface area contributed by atoms with Gasteiger partial charge in [0, 0.05) is 0 Å². The van der Waals surface area contributed by atoms with Gasteiger partial charge in [-0.3, -0.25) is 7.05 Å². The largest absolute Gasteiger partial charge is 0.456 e. The number of likely N-dealkylation sites (tertiary alicyclic amines) is 1. The summed E-state index contributed by atoms with van der Waals surface area (Å²) in [5.41, 5.74) is 2.06. The first-order chi connectivity index (χ1) is 10.0. The summed E-state index contributed by atoms with van der Waals surface area (Å²) in [4.78, 5) is 2.49. The molecular formula is C20H32N-. The molecule has 1 heterocycles. The van der Waals surface area contributed by atoms with Crippen LogP contribution in [0.3, 0.4) is 0 Å². The molecule has 4 rings (SSSR count). The van der Waals surface area contributed by atoms with Crippen molar-refractivity contribution in [3.05, 3.63) is 19.2 Å². The molecule has 0 aromatic heterocycles. The molecule has 1 nitrogen and oxygen atoms in total. The van der Waals surface area contributed by atoms with E-state index in [9.17, 15) is 0 Å². The lowest BCUT2D eigenvalue weighted by atomic mass is 9.44. The van der Waals surface area contributed by atoms with Gasteiger partial charge < -0.3 is 4.90 Å². The normalized spacial score (nSPS) is 49.4. The first kappa shape index (κ1) is 14.3. The van der Waals surface area contributed by atoms with Gasteiger partial charge in [-0.15, -0.1) is 0 Å². The maximum absolute atomic E-state index is 4.53. The Kier molecular flexibility index (Phi) is 3.30. The third-order valence-corrected chi connectivity index (χ3v) is 7.90. The smallest absolute Gasteiger partial charge is 0.00369 e. The van der Waals surface area contributed by atoms with E-state index >= 15 is 0 Å². The Labute approximate surface area is 131 Å². The summed E-state index contributed by atoms with van der Waals surface area (Å²) in [6.45, 7) is 10.9. The third kappa shape index (κ3) is 1.92. The average molecular weight is 286 g/mol. The summed E-state index contributed by atoms with van der Waals surface area (Å²) in [6.07, 6.45) is 9.87. The lowest BCUT2D eigenvalue weighted by Crippen LogP contribution is -2.64. The summed E-state index contributed by atoms with van der Waals surface area (Å²) < 4.78 is 0. The molecule has 0 radical (unpaired) electrons. The van der Waals surface area contributed by atoms with E-state index in [1.807, 2.05) is 0 Å². The number of fused-ring (bicyclic) bond motifs is 2. The maximum Gasteiger partial charge on any atom is -0.00369 e. The highest BCUT2D eigenvalue weighted by atomic mass is 15.2. The fourth-order valence-corrected chi connectivity index (χ4v) is 6.99. The summed E-state index contributed by atoms with van der Waals surface area (Å²) >= 11 is 0. The highest BCUT2D eigenvalue weighted by Crippen LogP contribution is 2.63. The van der Waals surface area contributed by atoms with Gasteiger partial charge in [0.25, 0.3) is 0 Å². The topological polar surface area (TPSA) is 3.24 Å². The minimum absolute atomic E-state index is 0.506. The van der Waals surface area contributed by atoms with E-state index < -0.39 is 0 Å². The van der Waals surface area contributed by atoms with Crippen molar-refractivity contribution in [2.24, 2.45) is 35.0 Å². The van der Waals surface area contributed by atoms with Gasteiger partial charge in [0.2, 0.25) is 0 Å². The number of hydrogen-bond donors (Lipinski definition) is 0. The molecule has 0 bridgehead atoms. The second-order valence-electron chi connectivity index (χ2n) is 8.97. The molecule has 0 amide bonds. The van der Waals surface area contributed by atoms with Crippen molar-refractivity contribution in [1.82, 2.24) is 4.90 Å². The minimum Gasteiger partial charge on any atom is -0.456 e. The van der Waals surface area contributed by atoms with Crippen molar-refractivity contribution in [3.8, 4) is 0 Å². The minimum atomic E-state index is 0.506. The van der Waals surface area contributed by atoms with Crippen molar-refractivity contribution in [2.75, 3.05) is 6.54 Å². The van der Waals surface area contributed by atoms with Crippen LogP contribution < -0.4 is 0 Å². The summed E-state index contributed by atoms with van der Waals surface area (Å²) in [7, 11) is 4.47. The third-order valence-electron chi connectivity index (χ3n) is 7.90. The summed E-state index contributed by atoms with van der Waals surface area (Å²) in [6, 6.07) is 0.708. The molecule has 0 N–H and O–H groups in total. The van der Waals surface area contributed by atoms with E-state index in [-0.39, 0.29) is 0 Å². The monoisotopic (exact) mass is 286 g/mol. The van der Waals surface area contributed by atoms with E-state index in [0.717, 1.165) is 29.6 Å². The van der Waals surface area contributed by atoms with E-state index in [1.165, 1.54) is 51.5 Å². The van der Waals surface area contributed by atoms with Crippen molar-refractivity contribution < 1.29 is 0 Å². The predicted octanol–water partition coefficient (Wildman–Crippen LogP) is 4.90. The van der Waals surface area contributed by atoms with Crippen LogP contribution in [0.25, 0.3) is 0 Å². The lowest BCUT2D eigenvalue weighted by Gasteiger charge is -2.67. The van der Waals surface area contributed by atoms with Crippen LogP contribution in [-0.2, 0) is 0 Å². The molecule has 0 spiro atoms. The van der Waals surface area contributed by atoms with Crippen LogP contribution in [0.5, 0.6) is 0 Å². The summed E-state index contributed by atoms with van der Waals surface area (Å²) in [5, 5.41) is 0. The van der Waals surface area contributed by atoms with Gasteiger partial charge in [0.15, 0.2) is 0 Å². The first-order valence-electron chi connectivity index (χ1n) is 9.26. The maximum atomic E-state index is 4.53. The van der Waals surface area contributed by atoms with E-state index in [4.69, 9.17) is 0 Å². The molecular weight excluding hydrogens is 254 g/mol. The van der Waals surface area contributed by atoms with Gasteiger partial charge in [-0.05, 0) is 79.7 Å². The molecule has 0 aromatic carbocycles. The highest BCUT2D eigenvalue weighted by molar-refractivity contribution is 5.20. The fourth-order valence-electron chi connectivity index (χ4n) is 6.99. The summed E-state index contributed by atoms with van der Waals surface area (Å²) in [5.74, 6) is 4.38. The van der Waals surface area contributed by atoms with Crippen molar-refractivity contribution in [1.29, 1.82) is 0 Å². The van der Waals surface area contributed by atoms with Crippen LogP contribution in [0, 0.1) is 42.1 Å². The molecule has 4 aliphatic rings. The van der Waals surface area contributed by atoms with Crippen LogP contribution in [0.15, 0.2) is 12.2 Å². The zero-order valence-corrected chi connectivity index (χ0v) is 14.0. The fraction of sp³-hybridized carbons (Fsp3) is 0.850. The van der Waals surface area contributed by atoms with Crippen molar-refractivity contribution >= 4 is 0 Å². The lowest BCUT2D eigenvalue weighted by molar-refractivity contribution is -0.139. The Balaban J connectivity index is 1.80. The van der Waals surface area contributed by atoms with E-state index in [0.29, 0.717) is 11.5 Å². The first-order valence-corrected chi connectivity index (χ1v) is 9.26. The number of rotatable bonds is 0. The average Bonchev–Trinajstić information content (AvgIpc) is 2.46. The molecule has 118 valence electrons. The van der Waals surface area contributed by atoms with Crippen molar-refractivity contribution in [3.63, 3.8) is 0 Å². The Morgan fingerprint density at radius 1 is 1.10 bits per heavy atom. The van der Waals surface area contributed by atoms with Crippen LogP contribution in [0.2, 0.25) is 0 Å². The van der Waals surface area contributed by atoms with Gasteiger partial charge in [0.05, 0.1) is 0 Å². The Bertz CT molecular complexity index is 437. The molecule has 1 aliphatic heterocycles. The highest BCUT2D eigenvalue weighted by Gasteiger charge is 2.58. The molecule has 3 aliphatic carbocycles. The molecule has 1 saturated heterocycles. The molecule has 1 heteroatoms. The van der Waals surface area contributed by atoms with Crippen LogP contribution >= 0.6 is 0 Å². The van der Waals surface area contributed by atoms with E-state index in [2.05, 4.69) is 32.4 Å². The Morgan fingerprint density at radius 2 is 1.86 bits per heavy atom. The zero-order valence-electron chi connectivity index (χ0n) is 14.0. The van der Waals surface area contributed by atoms with E-state index in [1.54, 1.807) is 5.57 Å². The predicted molar refractivity (Wildman–Crippen MR) is 88.5 cm³/mol. The van der Waals surface area contributed by atoms with Crippen molar-refractivity contribution in [2.45, 2.75) is 64.8 Å². The zero-order chi connectivity index (χ0) is 14.8. The molecule has 3 saturated carbocycles. The Hall–Kier alpha value is -0.300. The molecule has 0 aromatic rings. The second kappa shape index (κ2) is 4.85. The SMILES string of the molecule is C=C1CCCC2C1C1C3C(CCCC3C2(C)C)CCN1[CH2-]. The van der Waals surface area contributed by atoms with Crippen LogP contribution in [-0.4, -0.2) is 17.5 Å². The quantitative estimate of drug-likeness (QED) is 0.452. The number of piperidine rings is 1. The van der Waals surface area contributed by atoms with Gasteiger partial charge in [-0.1, -0.05) is 38.8 Å². The molecule has 6 unspecified atom stereocenters. The second-order valence-corrected chi connectivity index (χ2v) is 8.97. The van der Waals surface area contributed by atoms with Gasteiger partial charge >= 0.3 is 0 Å². The standard InChI is InChI=1S/C20H32N/c1-13-7-5-9-15-17(13)19-18-14(11-12-21(19)4)8-6-10-16(18)20(15,2)3/h14-19H,1,4-12H2,2-3H3/q-1. The van der Waals surface area contributed by atoms with Crippen LogP contribution in [0.4, 0.5) is 0 Å².